The lowest BCUT2D eigenvalue weighted by Crippen LogP contribution is -2.41. The summed E-state index contributed by atoms with van der Waals surface area (Å²) in [5.74, 6) is 0.877. The number of ether oxygens (including phenoxy) is 1. The highest BCUT2D eigenvalue weighted by molar-refractivity contribution is 5.76. The lowest BCUT2D eigenvalue weighted by molar-refractivity contribution is -0.135. The molecule has 4 heteroatoms. The summed E-state index contributed by atoms with van der Waals surface area (Å²) >= 11 is 0. The molecule has 1 saturated heterocycles. The van der Waals surface area contributed by atoms with Crippen LogP contribution >= 0.6 is 0 Å². The summed E-state index contributed by atoms with van der Waals surface area (Å²) < 4.78 is 5.81. The predicted octanol–water partition coefficient (Wildman–Crippen LogP) is 1.75. The molecule has 0 unspecified atom stereocenters. The first kappa shape index (κ1) is 14.3. The van der Waals surface area contributed by atoms with Gasteiger partial charge in [0.1, 0.15) is 6.61 Å². The maximum atomic E-state index is 11.6. The van der Waals surface area contributed by atoms with Gasteiger partial charge in [0.15, 0.2) is 0 Å². The molecule has 3 rings (SSSR count). The van der Waals surface area contributed by atoms with Crippen LogP contribution in [0, 0.1) is 11.3 Å². The van der Waals surface area contributed by atoms with Crippen molar-refractivity contribution in [3.63, 3.8) is 0 Å². The molecule has 114 valence electrons. The Kier molecular flexibility index (Phi) is 4.04. The van der Waals surface area contributed by atoms with E-state index in [1.54, 1.807) is 19.0 Å². The van der Waals surface area contributed by atoms with E-state index < -0.39 is 0 Å². The molecule has 0 radical (unpaired) electrons. The molecule has 2 aliphatic carbocycles. The number of carbonyl (C=O) groups excluding carboxylic acids is 1. The number of hydrogen-bond donors (Lipinski definition) is 0. The van der Waals surface area contributed by atoms with Crippen molar-refractivity contribution in [2.45, 2.75) is 44.6 Å². The van der Waals surface area contributed by atoms with Crippen molar-refractivity contribution in [1.82, 2.24) is 9.80 Å². The number of likely N-dealkylation sites (N-methyl/N-ethyl adjacent to an activating group) is 1. The first-order valence-electron chi connectivity index (χ1n) is 8.13. The van der Waals surface area contributed by atoms with Gasteiger partial charge in [-0.25, -0.2) is 0 Å². The second-order valence-electron chi connectivity index (χ2n) is 7.25. The van der Waals surface area contributed by atoms with Crippen molar-refractivity contribution < 1.29 is 9.53 Å². The van der Waals surface area contributed by atoms with Gasteiger partial charge in [-0.1, -0.05) is 12.8 Å². The second-order valence-corrected chi connectivity index (χ2v) is 7.25. The van der Waals surface area contributed by atoms with Gasteiger partial charge in [-0.3, -0.25) is 9.69 Å². The molecule has 0 spiro atoms. The Balaban J connectivity index is 1.54. The van der Waals surface area contributed by atoms with Gasteiger partial charge >= 0.3 is 0 Å². The highest BCUT2D eigenvalue weighted by atomic mass is 16.5. The highest BCUT2D eigenvalue weighted by Crippen LogP contribution is 2.50. The first-order valence-corrected chi connectivity index (χ1v) is 8.13. The monoisotopic (exact) mass is 280 g/mol. The molecule has 0 N–H and O–H groups in total. The third kappa shape index (κ3) is 2.60. The number of rotatable bonds is 5. The quantitative estimate of drug-likeness (QED) is 0.769. The van der Waals surface area contributed by atoms with Crippen molar-refractivity contribution in [3.05, 3.63) is 0 Å². The second kappa shape index (κ2) is 5.64. The lowest BCUT2D eigenvalue weighted by Gasteiger charge is -2.36. The number of fused-ring (bicyclic) bond motifs is 1. The summed E-state index contributed by atoms with van der Waals surface area (Å²) in [6.45, 7) is 3.50. The molecule has 1 aliphatic heterocycles. The zero-order chi connectivity index (χ0) is 14.2. The van der Waals surface area contributed by atoms with Gasteiger partial charge in [-0.2, -0.15) is 0 Å². The van der Waals surface area contributed by atoms with Gasteiger partial charge in [0.25, 0.3) is 0 Å². The van der Waals surface area contributed by atoms with Gasteiger partial charge in [0, 0.05) is 38.6 Å². The molecule has 1 heterocycles. The van der Waals surface area contributed by atoms with E-state index in [0.29, 0.717) is 5.41 Å². The van der Waals surface area contributed by atoms with Crippen molar-refractivity contribution in [3.8, 4) is 0 Å². The SMILES string of the molecule is CN(C)C(=O)COC[C@]12CCC[C@H]1CN(C1CCC1)C2. The fraction of sp³-hybridized carbons (Fsp3) is 0.938. The van der Waals surface area contributed by atoms with E-state index >= 15 is 0 Å². The third-order valence-electron chi connectivity index (χ3n) is 5.77. The minimum atomic E-state index is 0.0739. The number of carbonyl (C=O) groups is 1. The topological polar surface area (TPSA) is 32.8 Å². The maximum Gasteiger partial charge on any atom is 0.248 e. The van der Waals surface area contributed by atoms with Gasteiger partial charge in [-0.15, -0.1) is 0 Å². The fourth-order valence-electron chi connectivity index (χ4n) is 4.19. The third-order valence-corrected chi connectivity index (χ3v) is 5.77. The molecule has 2 atom stereocenters. The standard InChI is InChI=1S/C16H28N2O2/c1-17(2)15(19)10-20-12-16-8-4-5-13(16)9-18(11-16)14-6-3-7-14/h13-14H,3-12H2,1-2H3/t13-,16+/m0/s1. The Morgan fingerprint density at radius 3 is 2.75 bits per heavy atom. The van der Waals surface area contributed by atoms with E-state index in [-0.39, 0.29) is 12.5 Å². The van der Waals surface area contributed by atoms with Gasteiger partial charge in [0.05, 0.1) is 6.61 Å². The number of amides is 1. The van der Waals surface area contributed by atoms with Crippen LogP contribution in [0.2, 0.25) is 0 Å². The zero-order valence-electron chi connectivity index (χ0n) is 12.9. The van der Waals surface area contributed by atoms with Crippen LogP contribution in [0.4, 0.5) is 0 Å². The zero-order valence-corrected chi connectivity index (χ0v) is 12.9. The molecule has 0 bridgehead atoms. The number of hydrogen-bond acceptors (Lipinski definition) is 3. The van der Waals surface area contributed by atoms with Crippen LogP contribution < -0.4 is 0 Å². The van der Waals surface area contributed by atoms with Crippen LogP contribution in [0.25, 0.3) is 0 Å². The Morgan fingerprint density at radius 2 is 2.10 bits per heavy atom. The molecule has 20 heavy (non-hydrogen) atoms. The summed E-state index contributed by atoms with van der Waals surface area (Å²) in [5.41, 5.74) is 0.349. The van der Waals surface area contributed by atoms with E-state index in [0.717, 1.165) is 18.6 Å². The molecule has 4 nitrogen and oxygen atoms in total. The Labute approximate surface area is 122 Å². The van der Waals surface area contributed by atoms with Gasteiger partial charge in [-0.05, 0) is 31.6 Å². The summed E-state index contributed by atoms with van der Waals surface area (Å²) in [5, 5.41) is 0. The highest BCUT2D eigenvalue weighted by Gasteiger charge is 2.51. The first-order chi connectivity index (χ1) is 9.61. The van der Waals surface area contributed by atoms with Crippen LogP contribution in [0.5, 0.6) is 0 Å². The Morgan fingerprint density at radius 1 is 1.30 bits per heavy atom. The van der Waals surface area contributed by atoms with Crippen molar-refractivity contribution in [1.29, 1.82) is 0 Å². The molecule has 3 fully saturated rings. The van der Waals surface area contributed by atoms with E-state index in [1.165, 1.54) is 51.6 Å². The van der Waals surface area contributed by atoms with Gasteiger partial charge in [0.2, 0.25) is 5.91 Å². The van der Waals surface area contributed by atoms with E-state index in [4.69, 9.17) is 4.74 Å². The normalized spacial score (nSPS) is 34.0. The van der Waals surface area contributed by atoms with E-state index in [2.05, 4.69) is 4.90 Å². The molecule has 3 aliphatic rings. The Hall–Kier alpha value is -0.610. The number of nitrogens with zero attached hydrogens (tertiary/aromatic N) is 2. The number of likely N-dealkylation sites (tertiary alicyclic amines) is 1. The van der Waals surface area contributed by atoms with E-state index in [9.17, 15) is 4.79 Å². The predicted molar refractivity (Wildman–Crippen MR) is 78.5 cm³/mol. The molecular formula is C16H28N2O2. The summed E-state index contributed by atoms with van der Waals surface area (Å²) in [4.78, 5) is 15.9. The summed E-state index contributed by atoms with van der Waals surface area (Å²) in [7, 11) is 3.58. The smallest absolute Gasteiger partial charge is 0.248 e. The van der Waals surface area contributed by atoms with Crippen LogP contribution in [-0.2, 0) is 9.53 Å². The summed E-state index contributed by atoms with van der Waals surface area (Å²) in [6, 6.07) is 0.848. The average Bonchev–Trinajstić information content (AvgIpc) is 2.83. The van der Waals surface area contributed by atoms with Crippen molar-refractivity contribution in [2.24, 2.45) is 11.3 Å². The van der Waals surface area contributed by atoms with Gasteiger partial charge < -0.3 is 9.64 Å². The van der Waals surface area contributed by atoms with Crippen LogP contribution in [0.15, 0.2) is 0 Å². The van der Waals surface area contributed by atoms with Crippen molar-refractivity contribution >= 4 is 5.91 Å². The molecule has 0 aromatic rings. The van der Waals surface area contributed by atoms with Crippen molar-refractivity contribution in [2.75, 3.05) is 40.4 Å². The van der Waals surface area contributed by atoms with E-state index in [1.807, 2.05) is 0 Å². The Bertz CT molecular complexity index is 367. The molecule has 0 aromatic carbocycles. The minimum Gasteiger partial charge on any atom is -0.371 e. The van der Waals surface area contributed by atoms with Crippen LogP contribution in [-0.4, -0.2) is 62.1 Å². The molecule has 0 aromatic heterocycles. The molecule has 1 amide bonds. The largest absolute Gasteiger partial charge is 0.371 e. The minimum absolute atomic E-state index is 0.0739. The molecular weight excluding hydrogens is 252 g/mol. The van der Waals surface area contributed by atoms with Crippen LogP contribution in [0.3, 0.4) is 0 Å². The summed E-state index contributed by atoms with van der Waals surface area (Å²) in [6.07, 6.45) is 8.18. The maximum absolute atomic E-state index is 11.6. The molecule has 2 saturated carbocycles. The van der Waals surface area contributed by atoms with Crippen LogP contribution in [0.1, 0.15) is 38.5 Å². The fourth-order valence-corrected chi connectivity index (χ4v) is 4.19. The lowest BCUT2D eigenvalue weighted by atomic mass is 9.81. The average molecular weight is 280 g/mol.